The van der Waals surface area contributed by atoms with Gasteiger partial charge in [-0.3, -0.25) is 10.1 Å². The molecule has 0 aliphatic rings. The Kier molecular flexibility index (Phi) is 3.21. The van der Waals surface area contributed by atoms with E-state index in [4.69, 9.17) is 5.11 Å². The van der Waals surface area contributed by atoms with Gasteiger partial charge < -0.3 is 10.1 Å². The van der Waals surface area contributed by atoms with Crippen molar-refractivity contribution in [2.75, 3.05) is 5.32 Å². The molecule has 0 fully saturated rings. The Balaban J connectivity index is 1.91. The number of nitrogens with one attached hydrogen (secondary N) is 3. The molecule has 25 heavy (non-hydrogen) atoms. The molecule has 4 rings (SSSR count). The molecule has 1 amide bonds. The fourth-order valence-corrected chi connectivity index (χ4v) is 2.67. The van der Waals surface area contributed by atoms with Crippen LogP contribution in [-0.4, -0.2) is 31.4 Å². The molecule has 9 heteroatoms. The number of imidazole rings is 1. The molecule has 0 saturated heterocycles. The van der Waals surface area contributed by atoms with Gasteiger partial charge in [0, 0.05) is 10.9 Å². The summed E-state index contributed by atoms with van der Waals surface area (Å²) < 4.78 is 13.6. The summed E-state index contributed by atoms with van der Waals surface area (Å²) >= 11 is 0. The molecule has 0 atom stereocenters. The van der Waals surface area contributed by atoms with Crippen LogP contribution in [0.15, 0.2) is 41.2 Å². The number of aromatic nitrogens is 4. The lowest BCUT2D eigenvalue weighted by atomic mass is 10.0. The lowest BCUT2D eigenvalue weighted by molar-refractivity contribution is 0.209. The van der Waals surface area contributed by atoms with Gasteiger partial charge in [-0.25, -0.2) is 19.3 Å². The van der Waals surface area contributed by atoms with Crippen LogP contribution < -0.4 is 10.9 Å². The van der Waals surface area contributed by atoms with Crippen LogP contribution >= 0.6 is 0 Å². The quantitative estimate of drug-likeness (QED) is 0.447. The Morgan fingerprint density at radius 2 is 2.00 bits per heavy atom. The zero-order chi connectivity index (χ0) is 17.6. The zero-order valence-corrected chi connectivity index (χ0v) is 12.5. The van der Waals surface area contributed by atoms with E-state index < -0.39 is 17.5 Å². The second-order valence-electron chi connectivity index (χ2n) is 5.34. The molecular weight excluding hydrogens is 329 g/mol. The third-order valence-electron chi connectivity index (χ3n) is 3.73. The number of rotatable bonds is 2. The number of benzene rings is 2. The third kappa shape index (κ3) is 2.57. The molecule has 0 aliphatic heterocycles. The van der Waals surface area contributed by atoms with E-state index in [1.54, 1.807) is 18.2 Å². The van der Waals surface area contributed by atoms with Crippen molar-refractivity contribution in [1.29, 1.82) is 0 Å². The lowest BCUT2D eigenvalue weighted by Gasteiger charge is -2.05. The number of nitrogens with zero attached hydrogens (tertiary/aromatic N) is 2. The van der Waals surface area contributed by atoms with Gasteiger partial charge in [0.05, 0.1) is 22.1 Å². The first-order chi connectivity index (χ1) is 12.0. The standard InChI is InChI=1S/C16H10FN5O3/c17-8-2-3-9-10(6-8)13(21-22-14(9)23)7-1-4-11-12(5-7)19-15(18-11)20-16(24)25/h1-6H,(H,22,23)(H,24,25)(H2,18,19,20). The highest BCUT2D eigenvalue weighted by Crippen LogP contribution is 2.27. The van der Waals surface area contributed by atoms with Crippen molar-refractivity contribution >= 4 is 33.8 Å². The summed E-state index contributed by atoms with van der Waals surface area (Å²) in [5, 5.41) is 18.0. The molecule has 0 saturated carbocycles. The highest BCUT2D eigenvalue weighted by atomic mass is 19.1. The van der Waals surface area contributed by atoms with Crippen LogP contribution in [0.5, 0.6) is 0 Å². The van der Waals surface area contributed by atoms with Crippen molar-refractivity contribution in [3.05, 3.63) is 52.6 Å². The first-order valence-electron chi connectivity index (χ1n) is 7.19. The minimum atomic E-state index is -1.23. The predicted molar refractivity (Wildman–Crippen MR) is 89.1 cm³/mol. The fourth-order valence-electron chi connectivity index (χ4n) is 2.67. The summed E-state index contributed by atoms with van der Waals surface area (Å²) in [6.45, 7) is 0. The van der Waals surface area contributed by atoms with E-state index in [9.17, 15) is 14.0 Å². The fraction of sp³-hybridized carbons (Fsp3) is 0. The minimum Gasteiger partial charge on any atom is -0.465 e. The molecule has 0 spiro atoms. The Morgan fingerprint density at radius 3 is 2.80 bits per heavy atom. The number of anilines is 1. The molecular formula is C16H10FN5O3. The van der Waals surface area contributed by atoms with Gasteiger partial charge >= 0.3 is 6.09 Å². The van der Waals surface area contributed by atoms with Gasteiger partial charge in [0.25, 0.3) is 5.56 Å². The van der Waals surface area contributed by atoms with E-state index in [1.165, 1.54) is 18.2 Å². The maximum Gasteiger partial charge on any atom is 0.411 e. The van der Waals surface area contributed by atoms with Crippen LogP contribution in [0.2, 0.25) is 0 Å². The predicted octanol–water partition coefficient (Wildman–Crippen LogP) is 2.70. The van der Waals surface area contributed by atoms with E-state index in [-0.39, 0.29) is 5.95 Å². The number of carbonyl (C=O) groups is 1. The normalized spacial score (nSPS) is 11.1. The van der Waals surface area contributed by atoms with Crippen molar-refractivity contribution < 1.29 is 14.3 Å². The van der Waals surface area contributed by atoms with Crippen molar-refractivity contribution in [3.63, 3.8) is 0 Å². The van der Waals surface area contributed by atoms with E-state index in [0.29, 0.717) is 33.1 Å². The Hall–Kier alpha value is -3.75. The van der Waals surface area contributed by atoms with Crippen LogP contribution in [0, 0.1) is 5.82 Å². The van der Waals surface area contributed by atoms with Gasteiger partial charge in [0.15, 0.2) is 0 Å². The number of hydrogen-bond acceptors (Lipinski definition) is 4. The summed E-state index contributed by atoms with van der Waals surface area (Å²) in [5.41, 5.74) is 1.73. The zero-order valence-electron chi connectivity index (χ0n) is 12.5. The van der Waals surface area contributed by atoms with Crippen LogP contribution in [0.1, 0.15) is 0 Å². The molecule has 4 N–H and O–H groups in total. The first-order valence-corrected chi connectivity index (χ1v) is 7.19. The largest absolute Gasteiger partial charge is 0.465 e. The second kappa shape index (κ2) is 5.41. The molecule has 0 radical (unpaired) electrons. The molecule has 4 aromatic rings. The minimum absolute atomic E-state index is 0.0879. The average Bonchev–Trinajstić information content (AvgIpc) is 2.95. The van der Waals surface area contributed by atoms with Gasteiger partial charge in [-0.05, 0) is 30.3 Å². The number of H-pyrrole nitrogens is 2. The summed E-state index contributed by atoms with van der Waals surface area (Å²) in [4.78, 5) is 29.5. The summed E-state index contributed by atoms with van der Waals surface area (Å²) in [5.74, 6) is -0.387. The van der Waals surface area contributed by atoms with Crippen molar-refractivity contribution in [1.82, 2.24) is 20.2 Å². The number of hydrogen-bond donors (Lipinski definition) is 4. The van der Waals surface area contributed by atoms with Crippen molar-refractivity contribution in [2.24, 2.45) is 0 Å². The number of halogens is 1. The van der Waals surface area contributed by atoms with E-state index in [0.717, 1.165) is 0 Å². The number of amides is 1. The number of fused-ring (bicyclic) bond motifs is 2. The molecule has 2 aromatic carbocycles. The van der Waals surface area contributed by atoms with Crippen molar-refractivity contribution in [3.8, 4) is 11.3 Å². The van der Waals surface area contributed by atoms with Gasteiger partial charge in [0.2, 0.25) is 5.95 Å². The smallest absolute Gasteiger partial charge is 0.411 e. The number of aromatic amines is 2. The van der Waals surface area contributed by atoms with Crippen LogP contribution in [-0.2, 0) is 0 Å². The Bertz CT molecular complexity index is 1200. The summed E-state index contributed by atoms with van der Waals surface area (Å²) in [7, 11) is 0. The Labute approximate surface area is 138 Å². The first kappa shape index (κ1) is 14.8. The highest BCUT2D eigenvalue weighted by molar-refractivity contribution is 5.96. The summed E-state index contributed by atoms with van der Waals surface area (Å²) in [6.07, 6.45) is -1.23. The number of carboxylic acid groups (broad SMARTS) is 1. The molecule has 0 bridgehead atoms. The SMILES string of the molecule is O=C(O)Nc1nc2ccc(-c3n[nH]c(=O)c4ccc(F)cc34)cc2[nH]1. The molecule has 0 unspecified atom stereocenters. The van der Waals surface area contributed by atoms with Crippen LogP contribution in [0.4, 0.5) is 15.1 Å². The lowest BCUT2D eigenvalue weighted by Crippen LogP contribution is -2.09. The van der Waals surface area contributed by atoms with Gasteiger partial charge in [0.1, 0.15) is 5.82 Å². The maximum absolute atomic E-state index is 13.6. The molecule has 8 nitrogen and oxygen atoms in total. The molecule has 2 aromatic heterocycles. The second-order valence-corrected chi connectivity index (χ2v) is 5.34. The van der Waals surface area contributed by atoms with Crippen LogP contribution in [0.25, 0.3) is 33.1 Å². The van der Waals surface area contributed by atoms with Crippen LogP contribution in [0.3, 0.4) is 0 Å². The maximum atomic E-state index is 13.6. The van der Waals surface area contributed by atoms with E-state index in [1.807, 2.05) is 0 Å². The third-order valence-corrected chi connectivity index (χ3v) is 3.73. The molecule has 124 valence electrons. The monoisotopic (exact) mass is 339 g/mol. The van der Waals surface area contributed by atoms with E-state index in [2.05, 4.69) is 25.5 Å². The van der Waals surface area contributed by atoms with E-state index >= 15 is 0 Å². The Morgan fingerprint density at radius 1 is 1.16 bits per heavy atom. The average molecular weight is 339 g/mol. The topological polar surface area (TPSA) is 124 Å². The molecule has 0 aliphatic carbocycles. The molecule has 2 heterocycles. The highest BCUT2D eigenvalue weighted by Gasteiger charge is 2.12. The van der Waals surface area contributed by atoms with Crippen molar-refractivity contribution in [2.45, 2.75) is 0 Å². The van der Waals surface area contributed by atoms with Gasteiger partial charge in [-0.15, -0.1) is 0 Å². The summed E-state index contributed by atoms with van der Waals surface area (Å²) in [6, 6.07) is 8.94. The van der Waals surface area contributed by atoms with Gasteiger partial charge in [-0.1, -0.05) is 6.07 Å². The van der Waals surface area contributed by atoms with Gasteiger partial charge in [-0.2, -0.15) is 5.10 Å².